The summed E-state index contributed by atoms with van der Waals surface area (Å²) in [4.78, 5) is 26.3. The van der Waals surface area contributed by atoms with Crippen LogP contribution in [0.2, 0.25) is 0 Å². The number of carbonyl (C=O) groups excluding carboxylic acids is 2. The average Bonchev–Trinajstić information content (AvgIpc) is 3.05. The largest absolute Gasteiger partial charge is 0.850 e. The summed E-state index contributed by atoms with van der Waals surface area (Å²) >= 11 is 0. The van der Waals surface area contributed by atoms with Gasteiger partial charge in [-0.25, -0.2) is 0 Å². The molecule has 0 radical (unpaired) electrons. The van der Waals surface area contributed by atoms with Gasteiger partial charge in [-0.1, -0.05) is 168 Å². The van der Waals surface area contributed by atoms with Crippen molar-refractivity contribution in [3.05, 3.63) is 0 Å². The SMILES string of the molecule is CCCCCCCCCCCCCCC(=O)OC(C[N+](C)(C)CC[O-])C(C[N+](C)(C)CC[O-])OC(=O)CCCCCCCCCCCCCC. The molecular formula is C42H84N2O6. The van der Waals surface area contributed by atoms with Crippen molar-refractivity contribution >= 4 is 11.9 Å². The van der Waals surface area contributed by atoms with E-state index >= 15 is 0 Å². The number of carbonyl (C=O) groups is 2. The first kappa shape index (κ1) is 48.8. The zero-order valence-electron chi connectivity index (χ0n) is 34.1. The molecule has 0 N–H and O–H groups in total. The highest BCUT2D eigenvalue weighted by Crippen LogP contribution is 2.19. The summed E-state index contributed by atoms with van der Waals surface area (Å²) in [5.74, 6) is -0.555. The highest BCUT2D eigenvalue weighted by molar-refractivity contribution is 5.70. The van der Waals surface area contributed by atoms with Crippen LogP contribution in [0.4, 0.5) is 0 Å². The highest BCUT2D eigenvalue weighted by atomic mass is 16.6. The lowest BCUT2D eigenvalue weighted by Crippen LogP contribution is -2.58. The summed E-state index contributed by atoms with van der Waals surface area (Å²) in [6, 6.07) is 0. The van der Waals surface area contributed by atoms with Crippen molar-refractivity contribution in [2.45, 2.75) is 193 Å². The second-order valence-electron chi connectivity index (χ2n) is 16.4. The van der Waals surface area contributed by atoms with Crippen LogP contribution in [0.5, 0.6) is 0 Å². The third kappa shape index (κ3) is 30.4. The fraction of sp³-hybridized carbons (Fsp3) is 0.952. The standard InChI is InChI=1S/C42H84N2O6/c1-7-9-11-13-15-17-19-21-23-25-27-29-31-41(47)49-39(37-43(3,4)33-35-45)40(38-44(5,6)34-36-46)50-42(48)32-30-28-26-24-22-20-18-16-14-12-10-8-2/h39-40H,7-38H2,1-6H3. The maximum Gasteiger partial charge on any atom is 0.306 e. The Morgan fingerprint density at radius 2 is 0.680 bits per heavy atom. The van der Waals surface area contributed by atoms with Gasteiger partial charge in [-0.15, -0.1) is 0 Å². The van der Waals surface area contributed by atoms with E-state index in [1.54, 1.807) is 0 Å². The lowest BCUT2D eigenvalue weighted by Gasteiger charge is -2.39. The minimum absolute atomic E-state index is 0.242. The highest BCUT2D eigenvalue weighted by Gasteiger charge is 2.38. The van der Waals surface area contributed by atoms with Gasteiger partial charge in [0.25, 0.3) is 0 Å². The molecule has 0 saturated heterocycles. The van der Waals surface area contributed by atoms with Crippen LogP contribution in [0.25, 0.3) is 0 Å². The molecule has 0 saturated carbocycles. The zero-order valence-corrected chi connectivity index (χ0v) is 34.1. The summed E-state index contributed by atoms with van der Waals surface area (Å²) in [5.41, 5.74) is 0. The molecule has 0 heterocycles. The number of unbranched alkanes of at least 4 members (excludes halogenated alkanes) is 22. The lowest BCUT2D eigenvalue weighted by atomic mass is 10.0. The zero-order chi connectivity index (χ0) is 37.4. The maximum atomic E-state index is 13.2. The monoisotopic (exact) mass is 713 g/mol. The molecule has 0 bridgehead atoms. The third-order valence-corrected chi connectivity index (χ3v) is 10.2. The molecule has 0 aromatic rings. The molecule has 2 atom stereocenters. The van der Waals surface area contributed by atoms with Gasteiger partial charge in [0, 0.05) is 12.8 Å². The van der Waals surface area contributed by atoms with E-state index in [0.717, 1.165) is 38.5 Å². The van der Waals surface area contributed by atoms with E-state index in [4.69, 9.17) is 9.47 Å². The fourth-order valence-corrected chi connectivity index (χ4v) is 6.79. The third-order valence-electron chi connectivity index (χ3n) is 10.2. The molecule has 0 aromatic heterocycles. The minimum atomic E-state index is -0.684. The van der Waals surface area contributed by atoms with E-state index in [1.165, 1.54) is 116 Å². The Hall–Kier alpha value is -1.22. The normalized spacial score (nSPS) is 13.4. The van der Waals surface area contributed by atoms with Crippen LogP contribution < -0.4 is 10.2 Å². The quantitative estimate of drug-likeness (QED) is 0.0370. The number of nitrogens with zero attached hydrogens (tertiary/aromatic N) is 2. The van der Waals surface area contributed by atoms with E-state index in [1.807, 2.05) is 28.2 Å². The Labute approximate surface area is 310 Å². The number of hydrogen-bond donors (Lipinski definition) is 0. The molecule has 0 rings (SSSR count). The smallest absolute Gasteiger partial charge is 0.306 e. The van der Waals surface area contributed by atoms with Gasteiger partial charge in [0.05, 0.1) is 41.3 Å². The first-order valence-corrected chi connectivity index (χ1v) is 21.2. The van der Waals surface area contributed by atoms with E-state index in [-0.39, 0.29) is 25.2 Å². The van der Waals surface area contributed by atoms with Crippen molar-refractivity contribution in [2.24, 2.45) is 0 Å². The van der Waals surface area contributed by atoms with Crippen LogP contribution in [-0.2, 0) is 19.1 Å². The second kappa shape index (κ2) is 32.4. The summed E-state index contributed by atoms with van der Waals surface area (Å²) in [6.07, 6.45) is 28.7. The molecule has 0 spiro atoms. The number of hydrogen-bond acceptors (Lipinski definition) is 6. The molecule has 0 aliphatic heterocycles. The molecule has 50 heavy (non-hydrogen) atoms. The molecule has 0 aliphatic carbocycles. The van der Waals surface area contributed by atoms with Gasteiger partial charge in [-0.2, -0.15) is 0 Å². The lowest BCUT2D eigenvalue weighted by molar-refractivity contribution is -0.906. The van der Waals surface area contributed by atoms with Crippen molar-refractivity contribution in [1.82, 2.24) is 0 Å². The number of quaternary nitrogens is 2. The van der Waals surface area contributed by atoms with Gasteiger partial charge in [0.2, 0.25) is 0 Å². The van der Waals surface area contributed by atoms with Crippen LogP contribution in [0.1, 0.15) is 181 Å². The molecular weight excluding hydrogens is 628 g/mol. The van der Waals surface area contributed by atoms with Gasteiger partial charge >= 0.3 is 11.9 Å². The molecule has 0 aliphatic rings. The van der Waals surface area contributed by atoms with Crippen LogP contribution in [0, 0.1) is 0 Å². The Kier molecular flexibility index (Phi) is 31.6. The number of likely N-dealkylation sites (N-methyl/N-ethyl adjacent to an activating group) is 2. The van der Waals surface area contributed by atoms with Crippen LogP contribution in [-0.4, -0.2) is 101 Å². The van der Waals surface area contributed by atoms with E-state index in [2.05, 4.69) is 13.8 Å². The van der Waals surface area contributed by atoms with Crippen molar-refractivity contribution in [3.63, 3.8) is 0 Å². The summed E-state index contributed by atoms with van der Waals surface area (Å²) < 4.78 is 13.0. The summed E-state index contributed by atoms with van der Waals surface area (Å²) in [6.45, 7) is 5.53. The predicted molar refractivity (Wildman–Crippen MR) is 205 cm³/mol. The number of ether oxygens (including phenoxy) is 2. The first-order chi connectivity index (χ1) is 24.0. The van der Waals surface area contributed by atoms with Gasteiger partial charge in [-0.3, -0.25) is 9.59 Å². The topological polar surface area (TPSA) is 98.7 Å². The molecule has 0 aromatic carbocycles. The number of esters is 2. The van der Waals surface area contributed by atoms with Crippen molar-refractivity contribution in [3.8, 4) is 0 Å². The van der Waals surface area contributed by atoms with Crippen molar-refractivity contribution in [1.29, 1.82) is 0 Å². The van der Waals surface area contributed by atoms with Crippen molar-refractivity contribution in [2.75, 3.05) is 67.6 Å². The van der Waals surface area contributed by atoms with Gasteiger partial charge < -0.3 is 28.7 Å². The molecule has 8 nitrogen and oxygen atoms in total. The fourth-order valence-electron chi connectivity index (χ4n) is 6.79. The Morgan fingerprint density at radius 1 is 0.440 bits per heavy atom. The molecule has 8 heteroatoms. The Bertz CT molecular complexity index is 726. The average molecular weight is 713 g/mol. The van der Waals surface area contributed by atoms with Crippen molar-refractivity contribution < 1.29 is 38.2 Å². The number of rotatable bonds is 37. The Morgan fingerprint density at radius 3 is 0.920 bits per heavy atom. The predicted octanol–water partition coefficient (Wildman–Crippen LogP) is 7.87. The van der Waals surface area contributed by atoms with Crippen LogP contribution >= 0.6 is 0 Å². The van der Waals surface area contributed by atoms with E-state index < -0.39 is 12.2 Å². The van der Waals surface area contributed by atoms with Crippen LogP contribution in [0.15, 0.2) is 0 Å². The first-order valence-electron chi connectivity index (χ1n) is 21.2. The second-order valence-corrected chi connectivity index (χ2v) is 16.4. The minimum Gasteiger partial charge on any atom is -0.850 e. The van der Waals surface area contributed by atoms with Gasteiger partial charge in [-0.05, 0) is 12.8 Å². The van der Waals surface area contributed by atoms with E-state index in [9.17, 15) is 19.8 Å². The van der Waals surface area contributed by atoms with E-state index in [0.29, 0.717) is 48.0 Å². The summed E-state index contributed by atoms with van der Waals surface area (Å²) in [5, 5.41) is 23.2. The summed E-state index contributed by atoms with van der Waals surface area (Å²) in [7, 11) is 7.81. The van der Waals surface area contributed by atoms with Gasteiger partial charge in [0.15, 0.2) is 12.2 Å². The molecule has 298 valence electrons. The Balaban J connectivity index is 4.97. The molecule has 2 unspecified atom stereocenters. The van der Waals surface area contributed by atoms with Crippen LogP contribution in [0.3, 0.4) is 0 Å². The maximum absolute atomic E-state index is 13.2. The van der Waals surface area contributed by atoms with Gasteiger partial charge in [0.1, 0.15) is 13.1 Å². The molecule has 0 fully saturated rings. The molecule has 0 amide bonds.